The molecule has 3 rings (SSSR count). The van der Waals surface area contributed by atoms with Crippen molar-refractivity contribution in [3.05, 3.63) is 59.6 Å². The molecule has 1 N–H and O–H groups in total. The van der Waals surface area contributed by atoms with Gasteiger partial charge in [-0.05, 0) is 35.9 Å². The Hall–Kier alpha value is -1.73. The fraction of sp³-hybridized carbons (Fsp3) is 0. The summed E-state index contributed by atoms with van der Waals surface area (Å²) in [5.41, 5.74) is 3.29. The Morgan fingerprint density at radius 2 is 2.06 bits per heavy atom. The first-order valence-electron chi connectivity index (χ1n) is 5.08. The van der Waals surface area contributed by atoms with E-state index in [9.17, 15) is 0 Å². The van der Waals surface area contributed by atoms with Gasteiger partial charge in [-0.3, -0.25) is 0 Å². The highest BCUT2D eigenvalue weighted by Crippen LogP contribution is 2.25. The number of halogens is 1. The molecule has 77 valence electrons. The maximum atomic E-state index is 5.95. The molecule has 0 saturated carbocycles. The molecule has 0 aliphatic heterocycles. The molecule has 0 amide bonds. The van der Waals surface area contributed by atoms with Gasteiger partial charge in [0, 0.05) is 21.6 Å². The van der Waals surface area contributed by atoms with E-state index in [-0.39, 0.29) is 0 Å². The predicted molar refractivity (Wildman–Crippen MR) is 67.6 cm³/mol. The van der Waals surface area contributed by atoms with Crippen LogP contribution in [0.15, 0.2) is 48.5 Å². The third-order valence-electron chi connectivity index (χ3n) is 2.60. The maximum absolute atomic E-state index is 5.95. The van der Waals surface area contributed by atoms with Crippen molar-refractivity contribution in [2.45, 2.75) is 0 Å². The molecule has 3 aromatic rings. The van der Waals surface area contributed by atoms with Gasteiger partial charge >= 0.3 is 0 Å². The summed E-state index contributed by atoms with van der Waals surface area (Å²) in [5, 5.41) is 1.92. The van der Waals surface area contributed by atoms with E-state index in [1.807, 2.05) is 36.4 Å². The summed E-state index contributed by atoms with van der Waals surface area (Å²) in [6, 6.07) is 18.9. The molecule has 0 fully saturated rings. The van der Waals surface area contributed by atoms with Crippen molar-refractivity contribution in [2.24, 2.45) is 0 Å². The SMILES string of the molecule is Clc1ccc2cc(-c3c[c]ccc3)[nH]c2c1. The Bertz CT molecular complexity index is 626. The van der Waals surface area contributed by atoms with Crippen LogP contribution in [0.4, 0.5) is 0 Å². The van der Waals surface area contributed by atoms with Crippen LogP contribution in [0.5, 0.6) is 0 Å². The Morgan fingerprint density at radius 3 is 2.88 bits per heavy atom. The molecule has 0 unspecified atom stereocenters. The molecular formula is C14H9ClN. The average molecular weight is 227 g/mol. The molecule has 1 heterocycles. The fourth-order valence-electron chi connectivity index (χ4n) is 1.82. The lowest BCUT2D eigenvalue weighted by atomic mass is 10.1. The van der Waals surface area contributed by atoms with E-state index in [1.54, 1.807) is 0 Å². The summed E-state index contributed by atoms with van der Waals surface area (Å²) in [7, 11) is 0. The van der Waals surface area contributed by atoms with Crippen molar-refractivity contribution in [2.75, 3.05) is 0 Å². The number of benzene rings is 2. The topological polar surface area (TPSA) is 15.8 Å². The molecule has 0 aliphatic carbocycles. The fourth-order valence-corrected chi connectivity index (χ4v) is 1.99. The van der Waals surface area contributed by atoms with Gasteiger partial charge in [0.2, 0.25) is 0 Å². The van der Waals surface area contributed by atoms with Crippen molar-refractivity contribution in [3.8, 4) is 11.3 Å². The van der Waals surface area contributed by atoms with Crippen LogP contribution >= 0.6 is 11.6 Å². The largest absolute Gasteiger partial charge is 0.354 e. The summed E-state index contributed by atoms with van der Waals surface area (Å²) < 4.78 is 0. The smallest absolute Gasteiger partial charge is 0.0473 e. The van der Waals surface area contributed by atoms with Crippen molar-refractivity contribution >= 4 is 22.5 Å². The molecule has 0 saturated heterocycles. The van der Waals surface area contributed by atoms with Crippen LogP contribution in [-0.2, 0) is 0 Å². The zero-order chi connectivity index (χ0) is 11.0. The van der Waals surface area contributed by atoms with Gasteiger partial charge in [-0.25, -0.2) is 0 Å². The van der Waals surface area contributed by atoms with E-state index in [4.69, 9.17) is 11.6 Å². The molecule has 0 bridgehead atoms. The van der Waals surface area contributed by atoms with Crippen molar-refractivity contribution in [3.63, 3.8) is 0 Å². The summed E-state index contributed by atoms with van der Waals surface area (Å²) in [5.74, 6) is 0. The molecule has 16 heavy (non-hydrogen) atoms. The van der Waals surface area contributed by atoms with E-state index in [0.29, 0.717) is 0 Å². The van der Waals surface area contributed by atoms with Crippen LogP contribution in [0.3, 0.4) is 0 Å². The number of nitrogens with one attached hydrogen (secondary N) is 1. The first kappa shape index (κ1) is 9.49. The van der Waals surface area contributed by atoms with Crippen LogP contribution in [-0.4, -0.2) is 4.98 Å². The summed E-state index contributed by atoms with van der Waals surface area (Å²) in [4.78, 5) is 3.35. The number of rotatable bonds is 1. The Morgan fingerprint density at radius 1 is 1.12 bits per heavy atom. The highest BCUT2D eigenvalue weighted by atomic mass is 35.5. The minimum Gasteiger partial charge on any atom is -0.354 e. The highest BCUT2D eigenvalue weighted by molar-refractivity contribution is 6.31. The van der Waals surface area contributed by atoms with Crippen LogP contribution < -0.4 is 0 Å². The van der Waals surface area contributed by atoms with Crippen LogP contribution in [0, 0.1) is 6.07 Å². The third-order valence-corrected chi connectivity index (χ3v) is 2.84. The second-order valence-electron chi connectivity index (χ2n) is 3.71. The highest BCUT2D eigenvalue weighted by Gasteiger charge is 2.02. The molecule has 0 aliphatic rings. The molecular weight excluding hydrogens is 218 g/mol. The second-order valence-corrected chi connectivity index (χ2v) is 4.14. The zero-order valence-corrected chi connectivity index (χ0v) is 9.25. The van der Waals surface area contributed by atoms with Crippen molar-refractivity contribution < 1.29 is 0 Å². The minimum absolute atomic E-state index is 0.750. The molecule has 2 aromatic carbocycles. The molecule has 1 radical (unpaired) electrons. The van der Waals surface area contributed by atoms with Gasteiger partial charge in [-0.1, -0.05) is 35.9 Å². The Labute approximate surface area is 98.7 Å². The van der Waals surface area contributed by atoms with Crippen LogP contribution in [0.2, 0.25) is 5.02 Å². The molecule has 0 atom stereocenters. The quantitative estimate of drug-likeness (QED) is 0.637. The van der Waals surface area contributed by atoms with E-state index in [2.05, 4.69) is 23.2 Å². The number of aromatic nitrogens is 1. The predicted octanol–water partition coefficient (Wildman–Crippen LogP) is 4.29. The van der Waals surface area contributed by atoms with Gasteiger partial charge in [0.25, 0.3) is 0 Å². The zero-order valence-electron chi connectivity index (χ0n) is 8.50. The standard InChI is InChI=1S/C14H9ClN/c15-12-7-6-11-8-13(16-14(11)9-12)10-4-2-1-3-5-10/h1-2,4-9,16H. The maximum Gasteiger partial charge on any atom is 0.0473 e. The summed E-state index contributed by atoms with van der Waals surface area (Å²) in [6.45, 7) is 0. The first-order chi connectivity index (χ1) is 7.83. The summed E-state index contributed by atoms with van der Waals surface area (Å²) in [6.07, 6.45) is 0. The van der Waals surface area contributed by atoms with Crippen LogP contribution in [0.1, 0.15) is 0 Å². The molecule has 0 spiro atoms. The number of hydrogen-bond acceptors (Lipinski definition) is 0. The van der Waals surface area contributed by atoms with Crippen molar-refractivity contribution in [1.82, 2.24) is 4.98 Å². The van der Waals surface area contributed by atoms with Gasteiger partial charge in [0.1, 0.15) is 0 Å². The normalized spacial score (nSPS) is 10.8. The van der Waals surface area contributed by atoms with Crippen LogP contribution in [0.25, 0.3) is 22.2 Å². The first-order valence-corrected chi connectivity index (χ1v) is 5.45. The lowest BCUT2D eigenvalue weighted by Crippen LogP contribution is -1.74. The lowest BCUT2D eigenvalue weighted by molar-refractivity contribution is 1.45. The van der Waals surface area contributed by atoms with Gasteiger partial charge in [0.15, 0.2) is 0 Å². The van der Waals surface area contributed by atoms with Gasteiger partial charge in [0.05, 0.1) is 0 Å². The van der Waals surface area contributed by atoms with Gasteiger partial charge in [-0.15, -0.1) is 0 Å². The third kappa shape index (κ3) is 1.59. The molecule has 1 aromatic heterocycles. The van der Waals surface area contributed by atoms with Gasteiger partial charge in [-0.2, -0.15) is 0 Å². The van der Waals surface area contributed by atoms with E-state index in [0.717, 1.165) is 21.8 Å². The number of aromatic amines is 1. The van der Waals surface area contributed by atoms with Crippen molar-refractivity contribution in [1.29, 1.82) is 0 Å². The average Bonchev–Trinajstić information content (AvgIpc) is 2.73. The van der Waals surface area contributed by atoms with E-state index >= 15 is 0 Å². The monoisotopic (exact) mass is 226 g/mol. The van der Waals surface area contributed by atoms with Gasteiger partial charge < -0.3 is 4.98 Å². The Balaban J connectivity index is 2.19. The number of fused-ring (bicyclic) bond motifs is 1. The summed E-state index contributed by atoms with van der Waals surface area (Å²) >= 11 is 5.95. The van der Waals surface area contributed by atoms with E-state index in [1.165, 1.54) is 5.39 Å². The number of hydrogen-bond donors (Lipinski definition) is 1. The minimum atomic E-state index is 0.750. The molecule has 2 heteroatoms. The Kier molecular flexibility index (Phi) is 2.19. The van der Waals surface area contributed by atoms with E-state index < -0.39 is 0 Å². The second kappa shape index (κ2) is 3.69. The lowest BCUT2D eigenvalue weighted by Gasteiger charge is -1.94. The number of H-pyrrole nitrogens is 1. The molecule has 1 nitrogen and oxygen atoms in total.